The van der Waals surface area contributed by atoms with Crippen LogP contribution in [0.5, 0.6) is 0 Å². The molecule has 0 saturated carbocycles. The first kappa shape index (κ1) is 55.3. The number of unbranched alkanes of at least 4 members (excludes halogenated alkanes) is 14. The molecule has 11 heteroatoms. The molecule has 0 aromatic carbocycles. The molecule has 0 aliphatic heterocycles. The van der Waals surface area contributed by atoms with Gasteiger partial charge in [-0.05, 0) is 78.4 Å². The Balaban J connectivity index is 4.53. The van der Waals surface area contributed by atoms with Crippen LogP contribution in [0.4, 0.5) is 0 Å². The van der Waals surface area contributed by atoms with Crippen molar-refractivity contribution in [2.24, 2.45) is 11.8 Å². The van der Waals surface area contributed by atoms with Gasteiger partial charge in [0.05, 0.1) is 25.0 Å². The topological polar surface area (TPSA) is 135 Å². The number of esters is 5. The van der Waals surface area contributed by atoms with Gasteiger partial charge in [0.15, 0.2) is 6.10 Å². The summed E-state index contributed by atoms with van der Waals surface area (Å²) >= 11 is 0. The second-order valence-corrected chi connectivity index (χ2v) is 16.4. The first-order chi connectivity index (χ1) is 28.1. The van der Waals surface area contributed by atoms with Crippen molar-refractivity contribution in [3.8, 4) is 0 Å². The largest absolute Gasteiger partial charge is 0.465 e. The van der Waals surface area contributed by atoms with Gasteiger partial charge in [-0.2, -0.15) is 0 Å². The second kappa shape index (κ2) is 39.8. The van der Waals surface area contributed by atoms with Crippen LogP contribution in [-0.4, -0.2) is 87.9 Å². The highest BCUT2D eigenvalue weighted by Crippen LogP contribution is 2.21. The van der Waals surface area contributed by atoms with Crippen molar-refractivity contribution in [1.82, 2.24) is 4.90 Å². The van der Waals surface area contributed by atoms with Gasteiger partial charge >= 0.3 is 29.8 Å². The summed E-state index contributed by atoms with van der Waals surface area (Å²) in [6.45, 7) is 9.82. The zero-order chi connectivity index (χ0) is 43.1. The van der Waals surface area contributed by atoms with E-state index in [9.17, 15) is 24.0 Å². The number of rotatable bonds is 41. The maximum Gasteiger partial charge on any atom is 0.308 e. The first-order valence-corrected chi connectivity index (χ1v) is 23.6. The zero-order valence-corrected chi connectivity index (χ0v) is 38.1. The fourth-order valence-corrected chi connectivity index (χ4v) is 6.74. The van der Waals surface area contributed by atoms with E-state index >= 15 is 0 Å². The lowest BCUT2D eigenvalue weighted by Gasteiger charge is -2.18. The number of hydrogen-bond acceptors (Lipinski definition) is 11. The lowest BCUT2D eigenvalue weighted by atomic mass is 9.95. The lowest BCUT2D eigenvalue weighted by molar-refractivity contribution is -0.167. The fraction of sp³-hybridized carbons (Fsp3) is 0.894. The summed E-state index contributed by atoms with van der Waals surface area (Å²) in [7, 11) is 3.86. The molecule has 2 unspecified atom stereocenters. The summed E-state index contributed by atoms with van der Waals surface area (Å²) in [6, 6.07) is 0. The number of carbonyl (C=O) groups excluding carboxylic acids is 5. The molecule has 0 N–H and O–H groups in total. The summed E-state index contributed by atoms with van der Waals surface area (Å²) in [6.07, 6.45) is 23.5. The average Bonchev–Trinajstić information content (AvgIpc) is 3.20. The van der Waals surface area contributed by atoms with Crippen molar-refractivity contribution < 1.29 is 47.7 Å². The van der Waals surface area contributed by atoms with E-state index in [0.29, 0.717) is 32.5 Å². The van der Waals surface area contributed by atoms with Gasteiger partial charge in [0, 0.05) is 19.3 Å². The van der Waals surface area contributed by atoms with Crippen molar-refractivity contribution in [1.29, 1.82) is 0 Å². The van der Waals surface area contributed by atoms with Crippen molar-refractivity contribution >= 4 is 29.8 Å². The van der Waals surface area contributed by atoms with Crippen molar-refractivity contribution in [2.75, 3.05) is 47.1 Å². The molecule has 0 aromatic rings. The summed E-state index contributed by atoms with van der Waals surface area (Å²) in [4.78, 5) is 64.9. The summed E-state index contributed by atoms with van der Waals surface area (Å²) in [5.74, 6) is -1.38. The molecule has 0 aliphatic rings. The van der Waals surface area contributed by atoms with Crippen LogP contribution in [-0.2, 0) is 47.7 Å². The molecule has 340 valence electrons. The van der Waals surface area contributed by atoms with Crippen LogP contribution in [0.2, 0.25) is 0 Å². The average molecular weight is 826 g/mol. The molecular weight excluding hydrogens is 739 g/mol. The van der Waals surface area contributed by atoms with Gasteiger partial charge in [-0.25, -0.2) is 0 Å². The van der Waals surface area contributed by atoms with Gasteiger partial charge in [-0.15, -0.1) is 0 Å². The van der Waals surface area contributed by atoms with E-state index in [1.807, 2.05) is 19.0 Å². The van der Waals surface area contributed by atoms with Crippen LogP contribution in [0.3, 0.4) is 0 Å². The molecular formula is C47H87NO10. The summed E-state index contributed by atoms with van der Waals surface area (Å²) < 4.78 is 27.7. The number of nitrogens with zero attached hydrogens (tertiary/aromatic N) is 1. The molecule has 0 bridgehead atoms. The fourth-order valence-electron chi connectivity index (χ4n) is 6.74. The van der Waals surface area contributed by atoms with E-state index in [1.165, 1.54) is 25.7 Å². The van der Waals surface area contributed by atoms with E-state index in [0.717, 1.165) is 122 Å². The Morgan fingerprint density at radius 1 is 0.414 bits per heavy atom. The van der Waals surface area contributed by atoms with Crippen LogP contribution in [0.1, 0.15) is 207 Å². The molecule has 0 rings (SSSR count). The number of ether oxygens (including phenoxy) is 5. The molecule has 0 aromatic heterocycles. The van der Waals surface area contributed by atoms with Crippen molar-refractivity contribution in [3.05, 3.63) is 0 Å². The van der Waals surface area contributed by atoms with Gasteiger partial charge in [0.1, 0.15) is 13.2 Å². The predicted octanol–water partition coefficient (Wildman–Crippen LogP) is 10.9. The molecule has 11 nitrogen and oxygen atoms in total. The third-order valence-corrected chi connectivity index (χ3v) is 10.5. The van der Waals surface area contributed by atoms with Crippen molar-refractivity contribution in [3.63, 3.8) is 0 Å². The van der Waals surface area contributed by atoms with Gasteiger partial charge in [0.2, 0.25) is 0 Å². The smallest absolute Gasteiger partial charge is 0.308 e. The van der Waals surface area contributed by atoms with E-state index in [4.69, 9.17) is 23.7 Å². The van der Waals surface area contributed by atoms with Gasteiger partial charge in [-0.1, -0.05) is 130 Å². The summed E-state index contributed by atoms with van der Waals surface area (Å²) in [5.41, 5.74) is 0. The highest BCUT2D eigenvalue weighted by molar-refractivity contribution is 5.73. The Morgan fingerprint density at radius 3 is 1.21 bits per heavy atom. The molecule has 0 spiro atoms. The third-order valence-electron chi connectivity index (χ3n) is 10.5. The maximum atomic E-state index is 12.7. The van der Waals surface area contributed by atoms with Crippen LogP contribution in [0.25, 0.3) is 0 Å². The second-order valence-electron chi connectivity index (χ2n) is 16.4. The minimum absolute atomic E-state index is 0.00481. The quantitative estimate of drug-likeness (QED) is 0.0331. The standard InChI is InChI=1S/C47H87NO10/c1-7-11-15-21-30-40(28-13-9-3)46(52)54-36-25-19-17-23-32-43(49)56-38-42(58-45(51)34-27-35-48(5)6)39-57-44(50)33-24-18-20-26-37-55-47(53)41(29-14-10-4)31-22-16-12-8-2/h40-42H,7-39H2,1-6H3. The number of hydrogen-bond donors (Lipinski definition) is 0. The SMILES string of the molecule is CCCCCCC(CCCC)C(=O)OCCCCCCC(=O)OCC(COC(=O)CCCCCCOC(=O)C(CCCC)CCCCCC)OC(=O)CCCN(C)C. The summed E-state index contributed by atoms with van der Waals surface area (Å²) in [5, 5.41) is 0. The van der Waals surface area contributed by atoms with Gasteiger partial charge in [-0.3, -0.25) is 24.0 Å². The minimum atomic E-state index is -0.885. The molecule has 2 atom stereocenters. The molecule has 0 aliphatic carbocycles. The van der Waals surface area contributed by atoms with E-state index < -0.39 is 24.0 Å². The monoisotopic (exact) mass is 826 g/mol. The first-order valence-electron chi connectivity index (χ1n) is 23.6. The number of carbonyl (C=O) groups is 5. The molecule has 0 heterocycles. The van der Waals surface area contributed by atoms with Gasteiger partial charge < -0.3 is 28.6 Å². The Kier molecular flexibility index (Phi) is 37.9. The Labute approximate surface area is 354 Å². The van der Waals surface area contributed by atoms with Gasteiger partial charge in [0.25, 0.3) is 0 Å². The third kappa shape index (κ3) is 34.2. The minimum Gasteiger partial charge on any atom is -0.465 e. The Morgan fingerprint density at radius 2 is 0.793 bits per heavy atom. The maximum absolute atomic E-state index is 12.7. The molecule has 0 amide bonds. The van der Waals surface area contributed by atoms with Crippen molar-refractivity contribution in [2.45, 2.75) is 214 Å². The van der Waals surface area contributed by atoms with E-state index in [1.54, 1.807) is 0 Å². The molecule has 0 saturated heterocycles. The van der Waals surface area contributed by atoms with Crippen LogP contribution < -0.4 is 0 Å². The molecule has 58 heavy (non-hydrogen) atoms. The van der Waals surface area contributed by atoms with Crippen LogP contribution in [0.15, 0.2) is 0 Å². The highest BCUT2D eigenvalue weighted by Gasteiger charge is 2.22. The lowest BCUT2D eigenvalue weighted by Crippen LogP contribution is -2.31. The van der Waals surface area contributed by atoms with Crippen LogP contribution in [0, 0.1) is 11.8 Å². The Hall–Kier alpha value is -2.69. The predicted molar refractivity (Wildman–Crippen MR) is 231 cm³/mol. The normalized spacial score (nSPS) is 12.8. The van der Waals surface area contributed by atoms with E-state index in [2.05, 4.69) is 27.7 Å². The molecule has 0 fully saturated rings. The molecule has 0 radical (unpaired) electrons. The zero-order valence-electron chi connectivity index (χ0n) is 38.1. The Bertz CT molecular complexity index is 969. The highest BCUT2D eigenvalue weighted by atomic mass is 16.6. The van der Waals surface area contributed by atoms with Crippen LogP contribution >= 0.6 is 0 Å². The van der Waals surface area contributed by atoms with E-state index in [-0.39, 0.29) is 56.3 Å².